The Labute approximate surface area is 129 Å². The monoisotopic (exact) mass is 301 g/mol. The molecular formula is C16H19N3O3. The van der Waals surface area contributed by atoms with Gasteiger partial charge in [0, 0.05) is 0 Å². The Hall–Kier alpha value is -2.63. The summed E-state index contributed by atoms with van der Waals surface area (Å²) in [5, 5.41) is 16.8. The molecule has 0 spiro atoms. The molecule has 1 aromatic heterocycles. The summed E-state index contributed by atoms with van der Waals surface area (Å²) in [6.07, 6.45) is 0. The first-order valence-corrected chi connectivity index (χ1v) is 6.88. The summed E-state index contributed by atoms with van der Waals surface area (Å²) in [6.45, 7) is 10.1. The van der Waals surface area contributed by atoms with Crippen LogP contribution in [0.15, 0.2) is 30.4 Å². The van der Waals surface area contributed by atoms with Crippen LogP contribution in [0.25, 0.3) is 0 Å². The van der Waals surface area contributed by atoms with E-state index < -0.39 is 5.97 Å². The van der Waals surface area contributed by atoms with Crippen LogP contribution in [-0.4, -0.2) is 26.1 Å². The molecule has 0 bridgehead atoms. The molecule has 116 valence electrons. The van der Waals surface area contributed by atoms with E-state index in [1.165, 1.54) is 4.68 Å². The SMILES string of the molecule is C=C(C)Cn1nnc(C(=O)O)c1COc1cc(C)ccc1C. The van der Waals surface area contributed by atoms with Crippen LogP contribution in [-0.2, 0) is 13.2 Å². The number of carboxylic acid groups (broad SMARTS) is 1. The molecule has 0 amide bonds. The van der Waals surface area contributed by atoms with Gasteiger partial charge in [-0.1, -0.05) is 29.5 Å². The van der Waals surface area contributed by atoms with E-state index in [2.05, 4.69) is 16.9 Å². The topological polar surface area (TPSA) is 77.2 Å². The summed E-state index contributed by atoms with van der Waals surface area (Å²) < 4.78 is 7.29. The summed E-state index contributed by atoms with van der Waals surface area (Å²) in [5.41, 5.74) is 3.26. The summed E-state index contributed by atoms with van der Waals surface area (Å²) in [7, 11) is 0. The van der Waals surface area contributed by atoms with Gasteiger partial charge < -0.3 is 9.84 Å². The lowest BCUT2D eigenvalue weighted by atomic mass is 10.1. The molecular weight excluding hydrogens is 282 g/mol. The average molecular weight is 301 g/mol. The molecule has 0 saturated carbocycles. The number of carbonyl (C=O) groups is 1. The molecule has 1 aromatic carbocycles. The number of nitrogens with zero attached hydrogens (tertiary/aromatic N) is 3. The van der Waals surface area contributed by atoms with Gasteiger partial charge in [-0.3, -0.25) is 0 Å². The van der Waals surface area contributed by atoms with Gasteiger partial charge in [0.1, 0.15) is 18.1 Å². The predicted octanol–water partition coefficient (Wildman–Crippen LogP) is 2.75. The zero-order valence-electron chi connectivity index (χ0n) is 13.0. The van der Waals surface area contributed by atoms with E-state index in [1.807, 2.05) is 39.0 Å². The molecule has 0 saturated heterocycles. The van der Waals surface area contributed by atoms with Crippen LogP contribution in [0.2, 0.25) is 0 Å². The Balaban J connectivity index is 2.27. The van der Waals surface area contributed by atoms with Crippen LogP contribution in [0.1, 0.15) is 34.2 Å². The van der Waals surface area contributed by atoms with E-state index in [4.69, 9.17) is 4.74 Å². The van der Waals surface area contributed by atoms with Gasteiger partial charge in [-0.05, 0) is 38.0 Å². The van der Waals surface area contributed by atoms with Crippen molar-refractivity contribution >= 4 is 5.97 Å². The molecule has 22 heavy (non-hydrogen) atoms. The van der Waals surface area contributed by atoms with Gasteiger partial charge >= 0.3 is 5.97 Å². The van der Waals surface area contributed by atoms with Crippen molar-refractivity contribution in [3.8, 4) is 5.75 Å². The Morgan fingerprint density at radius 2 is 2.14 bits per heavy atom. The van der Waals surface area contributed by atoms with Gasteiger partial charge in [-0.2, -0.15) is 0 Å². The Kier molecular flexibility index (Phi) is 4.60. The molecule has 2 aromatic rings. The first-order valence-electron chi connectivity index (χ1n) is 6.88. The van der Waals surface area contributed by atoms with E-state index in [-0.39, 0.29) is 12.3 Å². The summed E-state index contributed by atoms with van der Waals surface area (Å²) in [6, 6.07) is 5.88. The van der Waals surface area contributed by atoms with Crippen LogP contribution >= 0.6 is 0 Å². The molecule has 0 fully saturated rings. The number of rotatable bonds is 6. The highest BCUT2D eigenvalue weighted by molar-refractivity contribution is 5.86. The van der Waals surface area contributed by atoms with Gasteiger partial charge in [-0.15, -0.1) is 5.10 Å². The largest absolute Gasteiger partial charge is 0.487 e. The highest BCUT2D eigenvalue weighted by Crippen LogP contribution is 2.21. The van der Waals surface area contributed by atoms with Crippen LogP contribution in [0.5, 0.6) is 5.75 Å². The molecule has 0 radical (unpaired) electrons. The third-order valence-electron chi connectivity index (χ3n) is 3.17. The lowest BCUT2D eigenvalue weighted by Crippen LogP contribution is -2.12. The highest BCUT2D eigenvalue weighted by atomic mass is 16.5. The second-order valence-corrected chi connectivity index (χ2v) is 5.36. The predicted molar refractivity (Wildman–Crippen MR) is 82.0 cm³/mol. The lowest BCUT2D eigenvalue weighted by molar-refractivity contribution is 0.0687. The number of allylic oxidation sites excluding steroid dienone is 1. The molecule has 0 aliphatic heterocycles. The van der Waals surface area contributed by atoms with Crippen LogP contribution < -0.4 is 4.74 Å². The minimum atomic E-state index is -1.12. The Morgan fingerprint density at radius 1 is 1.41 bits per heavy atom. The van der Waals surface area contributed by atoms with E-state index in [0.717, 1.165) is 22.4 Å². The van der Waals surface area contributed by atoms with Crippen molar-refractivity contribution in [3.63, 3.8) is 0 Å². The molecule has 0 aliphatic carbocycles. The van der Waals surface area contributed by atoms with Gasteiger partial charge in [-0.25, -0.2) is 9.48 Å². The number of benzene rings is 1. The van der Waals surface area contributed by atoms with Crippen LogP contribution in [0.4, 0.5) is 0 Å². The Bertz CT molecular complexity index is 719. The summed E-state index contributed by atoms with van der Waals surface area (Å²) in [4.78, 5) is 11.3. The molecule has 0 aliphatic rings. The van der Waals surface area contributed by atoms with E-state index in [9.17, 15) is 9.90 Å². The fourth-order valence-electron chi connectivity index (χ4n) is 2.03. The third kappa shape index (κ3) is 3.52. The number of carboxylic acids is 1. The van der Waals surface area contributed by atoms with Gasteiger partial charge in [0.2, 0.25) is 0 Å². The Morgan fingerprint density at radius 3 is 2.77 bits per heavy atom. The molecule has 6 heteroatoms. The van der Waals surface area contributed by atoms with E-state index in [1.54, 1.807) is 0 Å². The van der Waals surface area contributed by atoms with Crippen molar-refractivity contribution in [1.82, 2.24) is 15.0 Å². The van der Waals surface area contributed by atoms with Gasteiger partial charge in [0.15, 0.2) is 5.69 Å². The van der Waals surface area contributed by atoms with Crippen molar-refractivity contribution in [2.45, 2.75) is 33.9 Å². The molecule has 1 N–H and O–H groups in total. The number of aromatic carboxylic acids is 1. The van der Waals surface area contributed by atoms with Gasteiger partial charge in [0.25, 0.3) is 0 Å². The molecule has 2 rings (SSSR count). The van der Waals surface area contributed by atoms with Gasteiger partial charge in [0.05, 0.1) is 6.54 Å². The second-order valence-electron chi connectivity index (χ2n) is 5.36. The maximum atomic E-state index is 11.3. The minimum Gasteiger partial charge on any atom is -0.487 e. The van der Waals surface area contributed by atoms with E-state index in [0.29, 0.717) is 12.2 Å². The van der Waals surface area contributed by atoms with Crippen molar-refractivity contribution in [2.24, 2.45) is 0 Å². The fourth-order valence-corrected chi connectivity index (χ4v) is 2.03. The number of hydrogen-bond acceptors (Lipinski definition) is 4. The molecule has 1 heterocycles. The van der Waals surface area contributed by atoms with E-state index >= 15 is 0 Å². The molecule has 0 atom stereocenters. The maximum Gasteiger partial charge on any atom is 0.358 e. The average Bonchev–Trinajstić information content (AvgIpc) is 2.82. The lowest BCUT2D eigenvalue weighted by Gasteiger charge is -2.11. The first-order chi connectivity index (χ1) is 10.4. The van der Waals surface area contributed by atoms with Crippen molar-refractivity contribution in [3.05, 3.63) is 52.9 Å². The zero-order valence-corrected chi connectivity index (χ0v) is 13.0. The number of aryl methyl sites for hydroxylation is 2. The van der Waals surface area contributed by atoms with Crippen LogP contribution in [0.3, 0.4) is 0 Å². The smallest absolute Gasteiger partial charge is 0.358 e. The fraction of sp³-hybridized carbons (Fsp3) is 0.312. The standard InChI is InChI=1S/C16H19N3O3/c1-10(2)8-19-13(15(16(20)21)17-18-19)9-22-14-7-11(3)5-6-12(14)4/h5-7H,1,8-9H2,2-4H3,(H,20,21). The van der Waals surface area contributed by atoms with Crippen molar-refractivity contribution in [2.75, 3.05) is 0 Å². The molecule has 0 unspecified atom stereocenters. The minimum absolute atomic E-state index is 0.0895. The van der Waals surface area contributed by atoms with Crippen LogP contribution in [0, 0.1) is 13.8 Å². The third-order valence-corrected chi connectivity index (χ3v) is 3.17. The normalized spacial score (nSPS) is 10.5. The molecule has 6 nitrogen and oxygen atoms in total. The van der Waals surface area contributed by atoms with Crippen molar-refractivity contribution in [1.29, 1.82) is 0 Å². The maximum absolute atomic E-state index is 11.3. The zero-order chi connectivity index (χ0) is 16.3. The summed E-state index contributed by atoms with van der Waals surface area (Å²) >= 11 is 0. The number of ether oxygens (including phenoxy) is 1. The van der Waals surface area contributed by atoms with Crippen molar-refractivity contribution < 1.29 is 14.6 Å². The quantitative estimate of drug-likeness (QED) is 0.830. The summed E-state index contributed by atoms with van der Waals surface area (Å²) in [5.74, 6) is -0.396. The number of hydrogen-bond donors (Lipinski definition) is 1. The number of aromatic nitrogens is 3. The first kappa shape index (κ1) is 15.8. The second kappa shape index (κ2) is 6.43. The highest BCUT2D eigenvalue weighted by Gasteiger charge is 2.19.